The summed E-state index contributed by atoms with van der Waals surface area (Å²) in [4.78, 5) is 7.20. The average molecular weight is 387 g/mol. The van der Waals surface area contributed by atoms with E-state index >= 15 is 0 Å². The van der Waals surface area contributed by atoms with Gasteiger partial charge in [0.25, 0.3) is 0 Å². The number of likely N-dealkylation sites (tertiary alicyclic amines) is 1. The van der Waals surface area contributed by atoms with E-state index in [9.17, 15) is 5.26 Å². The largest absolute Gasteiger partial charge is 0.382 e. The summed E-state index contributed by atoms with van der Waals surface area (Å²) in [6.45, 7) is 9.17. The molecule has 0 bridgehead atoms. The number of nitrogens with zero attached hydrogens (tertiary/aromatic N) is 3. The summed E-state index contributed by atoms with van der Waals surface area (Å²) in [5, 5.41) is 14.5. The fraction of sp³-hybridized carbons (Fsp3) is 0.524. The van der Waals surface area contributed by atoms with E-state index in [1.54, 1.807) is 6.07 Å². The molecular formula is C21H27ClN4O. The van der Waals surface area contributed by atoms with E-state index in [1.807, 2.05) is 25.1 Å². The lowest BCUT2D eigenvalue weighted by Crippen LogP contribution is -2.45. The molecule has 0 radical (unpaired) electrons. The highest BCUT2D eigenvalue weighted by molar-refractivity contribution is 6.31. The van der Waals surface area contributed by atoms with Gasteiger partial charge in [-0.05, 0) is 49.9 Å². The molecule has 1 aliphatic rings. The Balaban J connectivity index is 1.64. The summed E-state index contributed by atoms with van der Waals surface area (Å²) in [5.41, 5.74) is 1.40. The van der Waals surface area contributed by atoms with Crippen LogP contribution in [0.15, 0.2) is 24.3 Å². The van der Waals surface area contributed by atoms with E-state index in [2.05, 4.69) is 23.2 Å². The van der Waals surface area contributed by atoms with E-state index in [1.165, 1.54) is 0 Å². The van der Waals surface area contributed by atoms with E-state index < -0.39 is 0 Å². The molecule has 1 fully saturated rings. The molecule has 0 amide bonds. The van der Waals surface area contributed by atoms with Gasteiger partial charge in [-0.15, -0.1) is 0 Å². The number of ether oxygens (including phenoxy) is 1. The standard InChI is InChI=1S/C21H27ClN4O/c1-3-27-10-4-8-26-9-7-19(15(2)14-26)24-21-11-16(13-23)18-12-17(22)5-6-20(18)25-21/h5-6,11-12,15,19H,3-4,7-10,14H2,1-2H3,(H,24,25). The SMILES string of the molecule is CCOCCCN1CCC(Nc2cc(C#N)c3cc(Cl)ccc3n2)C(C)C1. The molecule has 144 valence electrons. The first kappa shape index (κ1) is 19.9. The zero-order valence-corrected chi connectivity index (χ0v) is 16.8. The highest BCUT2D eigenvalue weighted by Crippen LogP contribution is 2.26. The van der Waals surface area contributed by atoms with Crippen molar-refractivity contribution in [3.05, 3.63) is 34.9 Å². The van der Waals surface area contributed by atoms with Gasteiger partial charge in [0.15, 0.2) is 0 Å². The number of hydrogen-bond acceptors (Lipinski definition) is 5. The Hall–Kier alpha value is -1.87. The van der Waals surface area contributed by atoms with Gasteiger partial charge in [0, 0.05) is 49.3 Å². The van der Waals surface area contributed by atoms with Crippen molar-refractivity contribution in [3.63, 3.8) is 0 Å². The van der Waals surface area contributed by atoms with Gasteiger partial charge in [-0.1, -0.05) is 18.5 Å². The van der Waals surface area contributed by atoms with E-state index in [0.717, 1.165) is 62.4 Å². The monoisotopic (exact) mass is 386 g/mol. The van der Waals surface area contributed by atoms with Crippen LogP contribution >= 0.6 is 11.6 Å². The summed E-state index contributed by atoms with van der Waals surface area (Å²) in [5.74, 6) is 1.28. The Morgan fingerprint density at radius 3 is 3.00 bits per heavy atom. The fourth-order valence-electron chi connectivity index (χ4n) is 3.74. The highest BCUT2D eigenvalue weighted by Gasteiger charge is 2.26. The van der Waals surface area contributed by atoms with Crippen molar-refractivity contribution in [2.24, 2.45) is 5.92 Å². The van der Waals surface area contributed by atoms with Crippen LogP contribution in [0.3, 0.4) is 0 Å². The van der Waals surface area contributed by atoms with Crippen molar-refractivity contribution in [3.8, 4) is 6.07 Å². The molecule has 6 heteroatoms. The summed E-state index contributed by atoms with van der Waals surface area (Å²) in [6.07, 6.45) is 2.15. The number of fused-ring (bicyclic) bond motifs is 1. The van der Waals surface area contributed by atoms with Crippen LogP contribution in [0.1, 0.15) is 32.3 Å². The van der Waals surface area contributed by atoms with Crippen molar-refractivity contribution < 1.29 is 4.74 Å². The first-order chi connectivity index (χ1) is 13.1. The van der Waals surface area contributed by atoms with Crippen LogP contribution < -0.4 is 5.32 Å². The van der Waals surface area contributed by atoms with Gasteiger partial charge in [-0.3, -0.25) is 0 Å². The number of aromatic nitrogens is 1. The Kier molecular flexibility index (Phi) is 6.89. The molecule has 2 unspecified atom stereocenters. The van der Waals surface area contributed by atoms with Gasteiger partial charge in [-0.25, -0.2) is 4.98 Å². The van der Waals surface area contributed by atoms with Crippen LogP contribution in [0.2, 0.25) is 5.02 Å². The quantitative estimate of drug-likeness (QED) is 0.718. The third-order valence-corrected chi connectivity index (χ3v) is 5.42. The van der Waals surface area contributed by atoms with Crippen LogP contribution in [0.4, 0.5) is 5.82 Å². The summed E-state index contributed by atoms with van der Waals surface area (Å²) < 4.78 is 5.43. The summed E-state index contributed by atoms with van der Waals surface area (Å²) in [6, 6.07) is 9.94. The smallest absolute Gasteiger partial charge is 0.128 e. The number of piperidine rings is 1. The predicted molar refractivity (Wildman–Crippen MR) is 110 cm³/mol. The maximum Gasteiger partial charge on any atom is 0.128 e. The third-order valence-electron chi connectivity index (χ3n) is 5.18. The number of hydrogen-bond donors (Lipinski definition) is 1. The van der Waals surface area contributed by atoms with Crippen LogP contribution in [-0.4, -0.2) is 48.8 Å². The highest BCUT2D eigenvalue weighted by atomic mass is 35.5. The number of benzene rings is 1. The van der Waals surface area contributed by atoms with Gasteiger partial charge < -0.3 is 15.0 Å². The lowest BCUT2D eigenvalue weighted by Gasteiger charge is -2.37. The third kappa shape index (κ3) is 5.10. The number of rotatable bonds is 7. The number of anilines is 1. The fourth-order valence-corrected chi connectivity index (χ4v) is 3.91. The van der Waals surface area contributed by atoms with Crippen molar-refractivity contribution in [2.45, 2.75) is 32.7 Å². The van der Waals surface area contributed by atoms with Gasteiger partial charge >= 0.3 is 0 Å². The first-order valence-corrected chi connectivity index (χ1v) is 10.1. The molecule has 1 aliphatic heterocycles. The molecule has 0 aliphatic carbocycles. The van der Waals surface area contributed by atoms with Crippen LogP contribution in [0, 0.1) is 17.2 Å². The lowest BCUT2D eigenvalue weighted by atomic mass is 9.93. The van der Waals surface area contributed by atoms with E-state index in [4.69, 9.17) is 21.3 Å². The Morgan fingerprint density at radius 1 is 1.41 bits per heavy atom. The minimum atomic E-state index is 0.358. The van der Waals surface area contributed by atoms with Gasteiger partial charge in [-0.2, -0.15) is 5.26 Å². The topological polar surface area (TPSA) is 61.2 Å². The van der Waals surface area contributed by atoms with Crippen molar-refractivity contribution >= 4 is 28.3 Å². The zero-order valence-electron chi connectivity index (χ0n) is 16.0. The maximum absolute atomic E-state index is 9.50. The molecule has 3 rings (SSSR count). The second-order valence-electron chi connectivity index (χ2n) is 7.20. The zero-order chi connectivity index (χ0) is 19.2. The number of halogens is 1. The molecule has 1 N–H and O–H groups in total. The van der Waals surface area contributed by atoms with Gasteiger partial charge in [0.05, 0.1) is 17.1 Å². The molecule has 0 spiro atoms. The number of pyridine rings is 1. The van der Waals surface area contributed by atoms with Crippen molar-refractivity contribution in [1.29, 1.82) is 5.26 Å². The number of nitrogens with one attached hydrogen (secondary N) is 1. The summed E-state index contributed by atoms with van der Waals surface area (Å²) >= 11 is 6.06. The molecule has 1 saturated heterocycles. The normalized spacial score (nSPS) is 20.5. The molecule has 1 aromatic carbocycles. The molecule has 1 aromatic heterocycles. The first-order valence-electron chi connectivity index (χ1n) is 9.67. The second-order valence-corrected chi connectivity index (χ2v) is 7.63. The van der Waals surface area contributed by atoms with Gasteiger partial charge in [0.1, 0.15) is 5.82 Å². The number of nitriles is 1. The molecule has 27 heavy (non-hydrogen) atoms. The maximum atomic E-state index is 9.50. The van der Waals surface area contributed by atoms with E-state index in [-0.39, 0.29) is 0 Å². The molecule has 2 heterocycles. The predicted octanol–water partition coefficient (Wildman–Crippen LogP) is 4.31. The molecule has 0 saturated carbocycles. The lowest BCUT2D eigenvalue weighted by molar-refractivity contribution is 0.117. The molecule has 2 atom stereocenters. The van der Waals surface area contributed by atoms with Crippen molar-refractivity contribution in [1.82, 2.24) is 9.88 Å². The van der Waals surface area contributed by atoms with Crippen LogP contribution in [0.25, 0.3) is 10.9 Å². The van der Waals surface area contributed by atoms with E-state index in [0.29, 0.717) is 22.5 Å². The minimum absolute atomic E-state index is 0.358. The minimum Gasteiger partial charge on any atom is -0.382 e. The Labute approximate surface area is 166 Å². The Morgan fingerprint density at radius 2 is 2.26 bits per heavy atom. The Bertz CT molecular complexity index is 820. The average Bonchev–Trinajstić information content (AvgIpc) is 2.67. The molecule has 5 nitrogen and oxygen atoms in total. The molecular weight excluding hydrogens is 360 g/mol. The summed E-state index contributed by atoms with van der Waals surface area (Å²) in [7, 11) is 0. The van der Waals surface area contributed by atoms with Gasteiger partial charge in [0.2, 0.25) is 0 Å². The van der Waals surface area contributed by atoms with Crippen LogP contribution in [-0.2, 0) is 4.74 Å². The van der Waals surface area contributed by atoms with Crippen LogP contribution in [0.5, 0.6) is 0 Å². The van der Waals surface area contributed by atoms with Crippen molar-refractivity contribution in [2.75, 3.05) is 38.2 Å². The second kappa shape index (κ2) is 9.36. The molecule has 2 aromatic rings.